The molecule has 3 N–H and O–H groups in total. The van der Waals surface area contributed by atoms with Crippen LogP contribution < -0.4 is 11.1 Å². The average Bonchev–Trinajstić information content (AvgIpc) is 3.71. The van der Waals surface area contributed by atoms with Crippen molar-refractivity contribution >= 4 is 23.2 Å². The standard InChI is InChI=1S/C34H35N5OS/c1-26(31-20-12-22-41-31)23-32(40)38-33(35)36-21-11-19-30-24-39(25-37-30)34(27-13-5-2-6-14-27,28-15-7-3-8-16-28)29-17-9-4-10-18-29/h2-10,12-18,20,22,24-26H,11,19,21,23H2,1H3,(H3,35,36,38,40). The van der Waals surface area contributed by atoms with Crippen LogP contribution in [-0.4, -0.2) is 28.0 Å². The summed E-state index contributed by atoms with van der Waals surface area (Å²) in [6.45, 7) is 2.54. The zero-order valence-electron chi connectivity index (χ0n) is 23.2. The molecule has 0 saturated carbocycles. The van der Waals surface area contributed by atoms with Crippen molar-refractivity contribution in [3.8, 4) is 0 Å². The van der Waals surface area contributed by atoms with Crippen molar-refractivity contribution < 1.29 is 4.79 Å². The first-order valence-corrected chi connectivity index (χ1v) is 14.8. The van der Waals surface area contributed by atoms with Crippen molar-refractivity contribution in [1.29, 1.82) is 0 Å². The Morgan fingerprint density at radius 3 is 2.05 bits per heavy atom. The molecule has 0 aliphatic heterocycles. The predicted octanol–water partition coefficient (Wildman–Crippen LogP) is 6.34. The molecule has 0 aliphatic rings. The molecule has 7 heteroatoms. The number of aryl methyl sites for hydroxylation is 1. The average molecular weight is 562 g/mol. The number of nitrogens with zero attached hydrogens (tertiary/aromatic N) is 3. The summed E-state index contributed by atoms with van der Waals surface area (Å²) in [5.41, 5.74) is 9.86. The Balaban J connectivity index is 1.30. The third-order valence-electron chi connectivity index (χ3n) is 7.26. The molecule has 1 unspecified atom stereocenters. The minimum atomic E-state index is -0.581. The molecule has 1 amide bonds. The van der Waals surface area contributed by atoms with E-state index in [4.69, 9.17) is 10.7 Å². The van der Waals surface area contributed by atoms with Gasteiger partial charge in [-0.15, -0.1) is 11.3 Å². The van der Waals surface area contributed by atoms with E-state index in [0.29, 0.717) is 13.0 Å². The highest BCUT2D eigenvalue weighted by atomic mass is 32.1. The van der Waals surface area contributed by atoms with Crippen LogP contribution in [-0.2, 0) is 16.8 Å². The molecular formula is C34H35N5OS. The zero-order chi connectivity index (χ0) is 28.5. The monoisotopic (exact) mass is 561 g/mol. The molecule has 5 rings (SSSR count). The lowest BCUT2D eigenvalue weighted by molar-refractivity contribution is -0.120. The number of nitrogens with two attached hydrogens (primary N) is 1. The van der Waals surface area contributed by atoms with Crippen LogP contribution >= 0.6 is 11.3 Å². The van der Waals surface area contributed by atoms with Crippen LogP contribution in [0.2, 0.25) is 0 Å². The van der Waals surface area contributed by atoms with Gasteiger partial charge in [-0.25, -0.2) is 4.98 Å². The predicted molar refractivity (Wildman–Crippen MR) is 167 cm³/mol. The number of benzene rings is 3. The van der Waals surface area contributed by atoms with Crippen molar-refractivity contribution in [2.45, 2.75) is 37.6 Å². The Kier molecular flexibility index (Phi) is 9.06. The summed E-state index contributed by atoms with van der Waals surface area (Å²) in [6, 6.07) is 35.7. The highest BCUT2D eigenvalue weighted by Gasteiger charge is 2.38. The van der Waals surface area contributed by atoms with Gasteiger partial charge in [-0.05, 0) is 46.9 Å². The molecule has 0 spiro atoms. The first-order valence-electron chi connectivity index (χ1n) is 13.9. The third kappa shape index (κ3) is 6.47. The van der Waals surface area contributed by atoms with Crippen LogP contribution in [0.15, 0.2) is 126 Å². The molecule has 2 heterocycles. The third-order valence-corrected chi connectivity index (χ3v) is 8.36. The van der Waals surface area contributed by atoms with Crippen LogP contribution in [0, 0.1) is 0 Å². The second-order valence-electron chi connectivity index (χ2n) is 10.1. The van der Waals surface area contributed by atoms with E-state index in [1.165, 1.54) is 4.88 Å². The van der Waals surface area contributed by atoms with Gasteiger partial charge in [0.2, 0.25) is 5.91 Å². The maximum absolute atomic E-state index is 12.4. The van der Waals surface area contributed by atoms with Crippen LogP contribution in [0.3, 0.4) is 0 Å². The van der Waals surface area contributed by atoms with Crippen molar-refractivity contribution in [3.05, 3.63) is 148 Å². The van der Waals surface area contributed by atoms with Gasteiger partial charge in [-0.3, -0.25) is 15.1 Å². The lowest BCUT2D eigenvalue weighted by Gasteiger charge is -2.37. The minimum Gasteiger partial charge on any atom is -0.370 e. The number of aliphatic imine (C=N–C) groups is 1. The number of nitrogens with one attached hydrogen (secondary N) is 1. The first-order chi connectivity index (χ1) is 20.1. The maximum Gasteiger partial charge on any atom is 0.227 e. The van der Waals surface area contributed by atoms with Gasteiger partial charge in [0.25, 0.3) is 0 Å². The normalized spacial score (nSPS) is 12.7. The number of hydrogen-bond donors (Lipinski definition) is 2. The van der Waals surface area contributed by atoms with Crippen LogP contribution in [0.1, 0.15) is 52.9 Å². The smallest absolute Gasteiger partial charge is 0.227 e. The Labute approximate surface area is 245 Å². The number of guanidine groups is 1. The van der Waals surface area contributed by atoms with Gasteiger partial charge in [0.15, 0.2) is 5.96 Å². The molecule has 208 valence electrons. The van der Waals surface area contributed by atoms with E-state index in [0.717, 1.165) is 35.2 Å². The molecule has 0 radical (unpaired) electrons. The summed E-state index contributed by atoms with van der Waals surface area (Å²) in [6.07, 6.45) is 5.93. The van der Waals surface area contributed by atoms with Crippen LogP contribution in [0.25, 0.3) is 0 Å². The molecule has 0 aliphatic carbocycles. The minimum absolute atomic E-state index is 0.120. The second-order valence-corrected chi connectivity index (χ2v) is 11.1. The number of imidazole rings is 1. The van der Waals surface area contributed by atoms with Gasteiger partial charge in [-0.2, -0.15) is 0 Å². The molecule has 5 aromatic rings. The number of carbonyl (C=O) groups excluding carboxylic acids is 1. The van der Waals surface area contributed by atoms with Crippen LogP contribution in [0.5, 0.6) is 0 Å². The number of carbonyl (C=O) groups is 1. The maximum atomic E-state index is 12.4. The number of aromatic nitrogens is 2. The molecule has 1 atom stereocenters. The van der Waals surface area contributed by atoms with Gasteiger partial charge in [0.05, 0.1) is 12.0 Å². The fraction of sp³-hybridized carbons (Fsp3) is 0.206. The summed E-state index contributed by atoms with van der Waals surface area (Å²) >= 11 is 1.66. The fourth-order valence-electron chi connectivity index (χ4n) is 5.30. The summed E-state index contributed by atoms with van der Waals surface area (Å²) in [5, 5.41) is 4.75. The van der Waals surface area contributed by atoms with E-state index in [-0.39, 0.29) is 17.8 Å². The highest BCUT2D eigenvalue weighted by molar-refractivity contribution is 7.10. The zero-order valence-corrected chi connectivity index (χ0v) is 24.0. The van der Waals surface area contributed by atoms with Gasteiger partial charge in [0, 0.05) is 24.0 Å². The lowest BCUT2D eigenvalue weighted by atomic mass is 9.77. The summed E-state index contributed by atoms with van der Waals surface area (Å²) in [7, 11) is 0. The molecule has 0 fully saturated rings. The van der Waals surface area contributed by atoms with Crippen molar-refractivity contribution in [2.24, 2.45) is 10.7 Å². The Morgan fingerprint density at radius 2 is 1.51 bits per heavy atom. The Morgan fingerprint density at radius 1 is 0.927 bits per heavy atom. The molecule has 41 heavy (non-hydrogen) atoms. The van der Waals surface area contributed by atoms with E-state index in [2.05, 4.69) is 93.9 Å². The lowest BCUT2D eigenvalue weighted by Crippen LogP contribution is -2.37. The van der Waals surface area contributed by atoms with E-state index in [9.17, 15) is 4.79 Å². The molecule has 6 nitrogen and oxygen atoms in total. The molecule has 2 aromatic heterocycles. The topological polar surface area (TPSA) is 85.3 Å². The molecule has 0 bridgehead atoms. The van der Waals surface area contributed by atoms with Gasteiger partial charge >= 0.3 is 0 Å². The van der Waals surface area contributed by atoms with E-state index < -0.39 is 5.54 Å². The van der Waals surface area contributed by atoms with E-state index in [1.807, 2.05) is 49.0 Å². The Hall–Kier alpha value is -4.49. The molecular weight excluding hydrogens is 526 g/mol. The van der Waals surface area contributed by atoms with Gasteiger partial charge in [-0.1, -0.05) is 104 Å². The first kappa shape index (κ1) is 28.1. The van der Waals surface area contributed by atoms with Crippen LogP contribution in [0.4, 0.5) is 0 Å². The van der Waals surface area contributed by atoms with E-state index in [1.54, 1.807) is 11.3 Å². The van der Waals surface area contributed by atoms with Gasteiger partial charge in [0.1, 0.15) is 5.54 Å². The fourth-order valence-corrected chi connectivity index (χ4v) is 6.09. The molecule has 0 saturated heterocycles. The second kappa shape index (κ2) is 13.2. The van der Waals surface area contributed by atoms with Crippen molar-refractivity contribution in [2.75, 3.05) is 6.54 Å². The summed E-state index contributed by atoms with van der Waals surface area (Å²) in [4.78, 5) is 22.7. The highest BCUT2D eigenvalue weighted by Crippen LogP contribution is 2.40. The Bertz CT molecular complexity index is 1450. The van der Waals surface area contributed by atoms with Crippen molar-refractivity contribution in [3.63, 3.8) is 0 Å². The summed E-state index contributed by atoms with van der Waals surface area (Å²) in [5.74, 6) is 0.188. The SMILES string of the molecule is CC(CC(=O)NC(N)=NCCCc1cn(C(c2ccccc2)(c2ccccc2)c2ccccc2)cn1)c1cccs1. The molecule has 3 aromatic carbocycles. The number of amides is 1. The quantitative estimate of drug-likeness (QED) is 0.0854. The van der Waals surface area contributed by atoms with Gasteiger partial charge < -0.3 is 10.3 Å². The summed E-state index contributed by atoms with van der Waals surface area (Å²) < 4.78 is 2.22. The van der Waals surface area contributed by atoms with E-state index >= 15 is 0 Å². The largest absolute Gasteiger partial charge is 0.370 e. The van der Waals surface area contributed by atoms with Crippen molar-refractivity contribution in [1.82, 2.24) is 14.9 Å². The number of hydrogen-bond acceptors (Lipinski definition) is 4. The number of thiophene rings is 1. The number of rotatable bonds is 11.